The summed E-state index contributed by atoms with van der Waals surface area (Å²) in [5.41, 5.74) is 6.50. The predicted octanol–water partition coefficient (Wildman–Crippen LogP) is 2.29. The maximum atomic E-state index is 5.45. The number of thioether (sulfide) groups is 1. The molecule has 0 spiro atoms. The van der Waals surface area contributed by atoms with Crippen LogP contribution in [0.25, 0.3) is 10.2 Å². The van der Waals surface area contributed by atoms with Gasteiger partial charge in [0.25, 0.3) is 0 Å². The molecule has 0 fully saturated rings. The van der Waals surface area contributed by atoms with Crippen molar-refractivity contribution in [3.8, 4) is 0 Å². The molecule has 0 atom stereocenters. The average molecular weight is 263 g/mol. The van der Waals surface area contributed by atoms with Crippen molar-refractivity contribution in [2.24, 2.45) is 0 Å². The van der Waals surface area contributed by atoms with Crippen LogP contribution in [-0.4, -0.2) is 20.2 Å². The first-order valence-electron chi connectivity index (χ1n) is 4.96. The summed E-state index contributed by atoms with van der Waals surface area (Å²) >= 11 is 3.22. The zero-order chi connectivity index (χ0) is 11.7. The number of aromatic amines is 1. The molecule has 2 heterocycles. The Morgan fingerprint density at radius 3 is 2.94 bits per heavy atom. The SMILES string of the molecule is Nc1nc(SCc2nc3ccccc3s2)n[nH]1. The van der Waals surface area contributed by atoms with Crippen LogP contribution >= 0.6 is 23.1 Å². The van der Waals surface area contributed by atoms with Crippen LogP contribution < -0.4 is 5.73 Å². The van der Waals surface area contributed by atoms with Gasteiger partial charge in [-0.3, -0.25) is 0 Å². The molecule has 0 unspecified atom stereocenters. The van der Waals surface area contributed by atoms with Crippen LogP contribution in [0.5, 0.6) is 0 Å². The standard InChI is InChI=1S/C10H9N5S2/c11-9-13-10(15-14-9)16-5-8-12-6-3-1-2-4-7(6)17-8/h1-4H,5H2,(H3,11,13,14,15). The molecule has 0 amide bonds. The van der Waals surface area contributed by atoms with Gasteiger partial charge in [0, 0.05) is 0 Å². The zero-order valence-electron chi connectivity index (χ0n) is 8.75. The summed E-state index contributed by atoms with van der Waals surface area (Å²) in [6.07, 6.45) is 0. The van der Waals surface area contributed by atoms with Gasteiger partial charge in [-0.05, 0) is 12.1 Å². The molecule has 0 saturated heterocycles. The largest absolute Gasteiger partial charge is 0.368 e. The number of para-hydroxylation sites is 1. The van der Waals surface area contributed by atoms with Gasteiger partial charge in [0.2, 0.25) is 11.1 Å². The van der Waals surface area contributed by atoms with Gasteiger partial charge in [0.1, 0.15) is 5.01 Å². The number of anilines is 1. The van der Waals surface area contributed by atoms with Gasteiger partial charge in [-0.1, -0.05) is 23.9 Å². The van der Waals surface area contributed by atoms with Gasteiger partial charge in [0.15, 0.2) is 0 Å². The number of H-pyrrole nitrogens is 1. The maximum Gasteiger partial charge on any atom is 0.216 e. The summed E-state index contributed by atoms with van der Waals surface area (Å²) in [7, 11) is 0. The molecular formula is C10H9N5S2. The highest BCUT2D eigenvalue weighted by Gasteiger charge is 2.06. The van der Waals surface area contributed by atoms with Crippen molar-refractivity contribution >= 4 is 39.3 Å². The molecular weight excluding hydrogens is 254 g/mol. The Hall–Kier alpha value is -1.60. The van der Waals surface area contributed by atoms with Crippen molar-refractivity contribution in [2.75, 3.05) is 5.73 Å². The smallest absolute Gasteiger partial charge is 0.216 e. The number of nitrogens with one attached hydrogen (secondary N) is 1. The lowest BCUT2D eigenvalue weighted by atomic mass is 10.3. The lowest BCUT2D eigenvalue weighted by Gasteiger charge is -1.90. The van der Waals surface area contributed by atoms with E-state index in [4.69, 9.17) is 5.73 Å². The minimum absolute atomic E-state index is 0.344. The van der Waals surface area contributed by atoms with Crippen molar-refractivity contribution in [1.82, 2.24) is 20.2 Å². The van der Waals surface area contributed by atoms with Crippen molar-refractivity contribution in [2.45, 2.75) is 10.9 Å². The van der Waals surface area contributed by atoms with Crippen molar-refractivity contribution < 1.29 is 0 Å². The van der Waals surface area contributed by atoms with Gasteiger partial charge in [-0.25, -0.2) is 10.1 Å². The number of rotatable bonds is 3. The first-order valence-corrected chi connectivity index (χ1v) is 6.76. The topological polar surface area (TPSA) is 80.5 Å². The van der Waals surface area contributed by atoms with Crippen LogP contribution in [0.2, 0.25) is 0 Å². The summed E-state index contributed by atoms with van der Waals surface area (Å²) in [4.78, 5) is 8.57. The lowest BCUT2D eigenvalue weighted by molar-refractivity contribution is 0.973. The highest BCUT2D eigenvalue weighted by molar-refractivity contribution is 7.98. The van der Waals surface area contributed by atoms with E-state index in [0.717, 1.165) is 16.3 Å². The normalized spacial score (nSPS) is 11.1. The van der Waals surface area contributed by atoms with Gasteiger partial charge in [0.05, 0.1) is 16.0 Å². The molecule has 0 aliphatic heterocycles. The molecule has 5 nitrogen and oxygen atoms in total. The van der Waals surface area contributed by atoms with Crippen molar-refractivity contribution in [3.63, 3.8) is 0 Å². The zero-order valence-corrected chi connectivity index (χ0v) is 10.4. The first-order chi connectivity index (χ1) is 8.31. The lowest BCUT2D eigenvalue weighted by Crippen LogP contribution is -1.85. The molecule has 1 aromatic carbocycles. The van der Waals surface area contributed by atoms with E-state index in [9.17, 15) is 0 Å². The van der Waals surface area contributed by atoms with Gasteiger partial charge >= 0.3 is 0 Å². The van der Waals surface area contributed by atoms with E-state index in [2.05, 4.69) is 26.2 Å². The second kappa shape index (κ2) is 4.34. The molecule has 0 radical (unpaired) electrons. The third-order valence-corrected chi connectivity index (χ3v) is 4.22. The molecule has 2 aromatic heterocycles. The van der Waals surface area contributed by atoms with Gasteiger partial charge in [-0.2, -0.15) is 4.98 Å². The van der Waals surface area contributed by atoms with Gasteiger partial charge < -0.3 is 5.73 Å². The third-order valence-electron chi connectivity index (χ3n) is 2.15. The number of thiazole rings is 1. The molecule has 3 rings (SSSR count). The minimum Gasteiger partial charge on any atom is -0.368 e. The maximum absolute atomic E-state index is 5.45. The highest BCUT2D eigenvalue weighted by atomic mass is 32.2. The summed E-state index contributed by atoms with van der Waals surface area (Å²) in [5, 5.41) is 8.30. The number of nitrogen functional groups attached to an aromatic ring is 1. The van der Waals surface area contributed by atoms with E-state index in [1.807, 2.05) is 18.2 Å². The fourth-order valence-electron chi connectivity index (χ4n) is 1.43. The monoisotopic (exact) mass is 263 g/mol. The number of hydrogen-bond acceptors (Lipinski definition) is 6. The molecule has 3 aromatic rings. The Morgan fingerprint density at radius 2 is 2.18 bits per heavy atom. The second-order valence-corrected chi connectivity index (χ2v) is 5.42. The Morgan fingerprint density at radius 1 is 1.29 bits per heavy atom. The Bertz CT molecular complexity index is 612. The van der Waals surface area contributed by atoms with E-state index in [1.54, 1.807) is 11.3 Å². The molecule has 0 aliphatic rings. The molecule has 0 saturated carbocycles. The van der Waals surface area contributed by atoms with E-state index in [1.165, 1.54) is 16.5 Å². The van der Waals surface area contributed by atoms with Crippen molar-refractivity contribution in [3.05, 3.63) is 29.3 Å². The Balaban J connectivity index is 1.76. The fraction of sp³-hybridized carbons (Fsp3) is 0.100. The minimum atomic E-state index is 0.344. The van der Waals surface area contributed by atoms with E-state index in [-0.39, 0.29) is 0 Å². The highest BCUT2D eigenvalue weighted by Crippen LogP contribution is 2.26. The number of fused-ring (bicyclic) bond motifs is 1. The molecule has 17 heavy (non-hydrogen) atoms. The van der Waals surface area contributed by atoms with E-state index in [0.29, 0.717) is 11.1 Å². The van der Waals surface area contributed by atoms with Crippen LogP contribution in [0.1, 0.15) is 5.01 Å². The summed E-state index contributed by atoms with van der Waals surface area (Å²) in [5.74, 6) is 1.10. The quantitative estimate of drug-likeness (QED) is 0.709. The number of nitrogens with zero attached hydrogens (tertiary/aromatic N) is 3. The second-order valence-electron chi connectivity index (χ2n) is 3.37. The predicted molar refractivity (Wildman–Crippen MR) is 70.0 cm³/mol. The number of aromatic nitrogens is 4. The van der Waals surface area contributed by atoms with Crippen LogP contribution in [0, 0.1) is 0 Å². The number of nitrogens with two attached hydrogens (primary N) is 1. The van der Waals surface area contributed by atoms with Crippen LogP contribution in [0.3, 0.4) is 0 Å². The molecule has 7 heteroatoms. The Labute approximate surface area is 105 Å². The number of benzene rings is 1. The molecule has 0 bridgehead atoms. The van der Waals surface area contributed by atoms with Crippen molar-refractivity contribution in [1.29, 1.82) is 0 Å². The van der Waals surface area contributed by atoms with Crippen LogP contribution in [-0.2, 0) is 5.75 Å². The summed E-state index contributed by atoms with van der Waals surface area (Å²) < 4.78 is 1.21. The fourth-order valence-corrected chi connectivity index (χ4v) is 3.20. The average Bonchev–Trinajstić information content (AvgIpc) is 2.91. The third kappa shape index (κ3) is 2.25. The van der Waals surface area contributed by atoms with Gasteiger partial charge in [-0.15, -0.1) is 16.4 Å². The number of hydrogen-bond donors (Lipinski definition) is 2. The molecule has 86 valence electrons. The van der Waals surface area contributed by atoms with E-state index >= 15 is 0 Å². The molecule has 0 aliphatic carbocycles. The Kier molecular flexibility index (Phi) is 2.69. The summed E-state index contributed by atoms with van der Waals surface area (Å²) in [6.45, 7) is 0. The van der Waals surface area contributed by atoms with Crippen LogP contribution in [0.15, 0.2) is 29.4 Å². The summed E-state index contributed by atoms with van der Waals surface area (Å²) in [6, 6.07) is 8.11. The first kappa shape index (κ1) is 10.5. The van der Waals surface area contributed by atoms with E-state index < -0.39 is 0 Å². The van der Waals surface area contributed by atoms with Crippen LogP contribution in [0.4, 0.5) is 5.95 Å². The molecule has 3 N–H and O–H groups in total.